The van der Waals surface area contributed by atoms with E-state index < -0.39 is 11.0 Å². The van der Waals surface area contributed by atoms with Gasteiger partial charge in [0.1, 0.15) is 16.7 Å². The van der Waals surface area contributed by atoms with E-state index in [0.29, 0.717) is 27.4 Å². The molecular weight excluding hydrogens is 440 g/mol. The zero-order valence-electron chi connectivity index (χ0n) is 20.1. The van der Waals surface area contributed by atoms with E-state index in [1.807, 2.05) is 59.0 Å². The number of ether oxygens (including phenoxy) is 1. The lowest BCUT2D eigenvalue weighted by Crippen LogP contribution is -2.21. The van der Waals surface area contributed by atoms with Crippen LogP contribution in [0.3, 0.4) is 0 Å². The van der Waals surface area contributed by atoms with Crippen molar-refractivity contribution in [2.45, 2.75) is 65.9 Å². The molecule has 2 atom stereocenters. The van der Waals surface area contributed by atoms with Crippen LogP contribution in [0.5, 0.6) is 5.75 Å². The molecule has 6 nitrogen and oxygen atoms in total. The molecule has 4 N–H and O–H groups in total. The first kappa shape index (κ1) is 27.7. The molecule has 0 radical (unpaired) electrons. The van der Waals surface area contributed by atoms with Crippen LogP contribution in [0.2, 0.25) is 0 Å². The molecule has 2 aromatic carbocycles. The number of aliphatic imine (C=N–C) groups is 1. The number of hydrogen-bond donors (Lipinski definition) is 3. The maximum Gasteiger partial charge on any atom is 0.175 e. The van der Waals surface area contributed by atoms with Gasteiger partial charge in [-0.1, -0.05) is 33.8 Å². The van der Waals surface area contributed by atoms with Gasteiger partial charge in [-0.2, -0.15) is 0 Å². The minimum atomic E-state index is -1.60. The predicted octanol–water partition coefficient (Wildman–Crippen LogP) is 6.35. The third-order valence-corrected chi connectivity index (χ3v) is 5.38. The summed E-state index contributed by atoms with van der Waals surface area (Å²) in [4.78, 5) is 5.09. The van der Waals surface area contributed by atoms with Crippen molar-refractivity contribution < 1.29 is 8.95 Å². The van der Waals surface area contributed by atoms with Crippen molar-refractivity contribution in [1.82, 2.24) is 0 Å². The Morgan fingerprint density at radius 1 is 1.19 bits per heavy atom. The zero-order valence-corrected chi connectivity index (χ0v) is 21.7. The molecule has 0 aromatic heterocycles. The summed E-state index contributed by atoms with van der Waals surface area (Å²) in [5.74, 6) is 1.02. The number of hydrogen-bond acceptors (Lipinski definition) is 4. The van der Waals surface area contributed by atoms with Gasteiger partial charge in [-0.3, -0.25) is 4.99 Å². The first-order valence-electron chi connectivity index (χ1n) is 10.9. The SMILES string of the molecule is CC.CCC(C)C=Nc1cccc(NC(=S)Nc2cc(S(N)=O)ccc2OC(C)C)c1C. The van der Waals surface area contributed by atoms with Gasteiger partial charge in [0.25, 0.3) is 0 Å². The summed E-state index contributed by atoms with van der Waals surface area (Å²) in [7, 11) is -1.60. The van der Waals surface area contributed by atoms with Gasteiger partial charge in [0.15, 0.2) is 5.11 Å². The molecule has 2 aromatic rings. The highest BCUT2D eigenvalue weighted by Gasteiger charge is 2.12. The Labute approximate surface area is 200 Å². The highest BCUT2D eigenvalue weighted by Crippen LogP contribution is 2.29. The third-order valence-electron chi connectivity index (χ3n) is 4.46. The number of nitrogens with zero attached hydrogens (tertiary/aromatic N) is 1. The minimum absolute atomic E-state index is 0.0244. The number of nitrogens with one attached hydrogen (secondary N) is 2. The van der Waals surface area contributed by atoms with Crippen LogP contribution < -0.4 is 20.5 Å². The van der Waals surface area contributed by atoms with E-state index in [2.05, 4.69) is 29.5 Å². The van der Waals surface area contributed by atoms with Gasteiger partial charge in [0.2, 0.25) is 0 Å². The lowest BCUT2D eigenvalue weighted by Gasteiger charge is -2.18. The van der Waals surface area contributed by atoms with Crippen LogP contribution in [0.25, 0.3) is 0 Å². The van der Waals surface area contributed by atoms with Crippen molar-refractivity contribution in [3.8, 4) is 5.75 Å². The van der Waals surface area contributed by atoms with Crippen molar-refractivity contribution in [2.24, 2.45) is 16.0 Å². The predicted molar refractivity (Wildman–Crippen MR) is 143 cm³/mol. The van der Waals surface area contributed by atoms with Gasteiger partial charge in [-0.25, -0.2) is 9.35 Å². The summed E-state index contributed by atoms with van der Waals surface area (Å²) >= 11 is 5.50. The van der Waals surface area contributed by atoms with Crippen molar-refractivity contribution in [1.29, 1.82) is 0 Å². The number of thiocarbonyl (C=S) groups is 1. The highest BCUT2D eigenvalue weighted by atomic mass is 32.2. The Kier molecular flexibility index (Phi) is 12.1. The standard InChI is InChI=1S/C22H30N4O2S2.C2H6/c1-6-15(4)13-24-18-8-7-9-19(16(18)5)25-22(29)26-20-12-17(30(23)27)10-11-21(20)28-14(2)3;1-2/h7-15H,6,23H2,1-5H3,(H2,25,26,29);1-2H3. The minimum Gasteiger partial charge on any atom is -0.489 e. The largest absolute Gasteiger partial charge is 0.489 e. The lowest BCUT2D eigenvalue weighted by molar-refractivity contribution is 0.243. The molecule has 32 heavy (non-hydrogen) atoms. The first-order valence-corrected chi connectivity index (χ1v) is 12.5. The molecule has 0 amide bonds. The monoisotopic (exact) mass is 476 g/mol. The van der Waals surface area contributed by atoms with Crippen LogP contribution in [-0.2, 0) is 11.0 Å². The molecule has 0 aliphatic carbocycles. The third kappa shape index (κ3) is 8.68. The fourth-order valence-electron chi connectivity index (χ4n) is 2.58. The van der Waals surface area contributed by atoms with E-state index in [9.17, 15) is 4.21 Å². The molecule has 2 rings (SSSR count). The maximum atomic E-state index is 11.7. The van der Waals surface area contributed by atoms with E-state index in [1.165, 1.54) is 0 Å². The molecule has 8 heteroatoms. The fraction of sp³-hybridized carbons (Fsp3) is 0.417. The van der Waals surface area contributed by atoms with E-state index >= 15 is 0 Å². The average molecular weight is 477 g/mol. The van der Waals surface area contributed by atoms with Crippen LogP contribution >= 0.6 is 12.2 Å². The Morgan fingerprint density at radius 3 is 2.44 bits per heavy atom. The van der Waals surface area contributed by atoms with Crippen molar-refractivity contribution >= 4 is 51.6 Å². The van der Waals surface area contributed by atoms with Gasteiger partial charge >= 0.3 is 0 Å². The zero-order chi connectivity index (χ0) is 24.3. The van der Waals surface area contributed by atoms with E-state index in [-0.39, 0.29) is 6.10 Å². The van der Waals surface area contributed by atoms with Crippen molar-refractivity contribution in [3.05, 3.63) is 42.0 Å². The summed E-state index contributed by atoms with van der Waals surface area (Å²) in [6.45, 7) is 14.1. The van der Waals surface area contributed by atoms with Crippen LogP contribution in [0.1, 0.15) is 53.5 Å². The Balaban J connectivity index is 0.00000249. The van der Waals surface area contributed by atoms with Crippen LogP contribution in [0.15, 0.2) is 46.3 Å². The second-order valence-corrected chi connectivity index (χ2v) is 8.79. The Morgan fingerprint density at radius 2 is 1.84 bits per heavy atom. The molecule has 0 bridgehead atoms. The summed E-state index contributed by atoms with van der Waals surface area (Å²) in [6, 6.07) is 11.0. The summed E-state index contributed by atoms with van der Waals surface area (Å²) in [6.07, 6.45) is 2.99. The molecule has 0 heterocycles. The molecule has 0 saturated carbocycles. The number of anilines is 2. The van der Waals surface area contributed by atoms with E-state index in [0.717, 1.165) is 23.4 Å². The van der Waals surface area contributed by atoms with Gasteiger partial charge < -0.3 is 15.4 Å². The Bertz CT molecular complexity index is 946. The second-order valence-electron chi connectivity index (χ2n) is 7.31. The molecule has 0 spiro atoms. The van der Waals surface area contributed by atoms with Crippen molar-refractivity contribution in [3.63, 3.8) is 0 Å². The van der Waals surface area contributed by atoms with Gasteiger partial charge in [-0.15, -0.1) is 0 Å². The topological polar surface area (TPSA) is 88.7 Å². The normalized spacial score (nSPS) is 12.7. The summed E-state index contributed by atoms with van der Waals surface area (Å²) in [5, 5.41) is 12.3. The first-order chi connectivity index (χ1) is 15.2. The van der Waals surface area contributed by atoms with Crippen LogP contribution in [0.4, 0.5) is 17.1 Å². The van der Waals surface area contributed by atoms with Gasteiger partial charge in [-0.05, 0) is 81.2 Å². The maximum absolute atomic E-state index is 11.7. The fourth-order valence-corrected chi connectivity index (χ4v) is 3.23. The number of benzene rings is 2. The Hall–Kier alpha value is -2.29. The summed E-state index contributed by atoms with van der Waals surface area (Å²) in [5.41, 5.74) is 3.35. The summed E-state index contributed by atoms with van der Waals surface area (Å²) < 4.78 is 17.5. The molecule has 176 valence electrons. The second kappa shape index (κ2) is 14.0. The van der Waals surface area contributed by atoms with Crippen molar-refractivity contribution in [2.75, 3.05) is 10.6 Å². The smallest absolute Gasteiger partial charge is 0.175 e. The molecule has 0 fully saturated rings. The number of nitrogens with two attached hydrogens (primary N) is 1. The molecule has 0 aliphatic heterocycles. The van der Waals surface area contributed by atoms with E-state index in [4.69, 9.17) is 22.1 Å². The highest BCUT2D eigenvalue weighted by molar-refractivity contribution is 7.82. The number of rotatable bonds is 8. The van der Waals surface area contributed by atoms with Gasteiger partial charge in [0.05, 0.1) is 22.4 Å². The van der Waals surface area contributed by atoms with Gasteiger partial charge in [0, 0.05) is 11.9 Å². The average Bonchev–Trinajstić information content (AvgIpc) is 2.76. The van der Waals surface area contributed by atoms with Crippen LogP contribution in [0, 0.1) is 12.8 Å². The lowest BCUT2D eigenvalue weighted by atomic mass is 10.1. The molecule has 0 saturated heterocycles. The van der Waals surface area contributed by atoms with Crippen LogP contribution in [-0.4, -0.2) is 21.6 Å². The molecule has 2 unspecified atom stereocenters. The van der Waals surface area contributed by atoms with E-state index in [1.54, 1.807) is 18.2 Å². The molecular formula is C24H36N4O2S2. The molecule has 0 aliphatic rings. The quantitative estimate of drug-likeness (QED) is 0.305.